The maximum atomic E-state index is 12.8. The molecule has 1 aliphatic heterocycles. The molecule has 1 fully saturated rings. The Morgan fingerprint density at radius 2 is 2.00 bits per heavy atom. The number of imide groups is 1. The Morgan fingerprint density at radius 3 is 2.48 bits per heavy atom. The van der Waals surface area contributed by atoms with E-state index in [1.165, 1.54) is 4.90 Å². The van der Waals surface area contributed by atoms with Gasteiger partial charge in [0.1, 0.15) is 4.99 Å². The van der Waals surface area contributed by atoms with E-state index in [1.807, 2.05) is 13.8 Å². The molecule has 0 unspecified atom stereocenters. The van der Waals surface area contributed by atoms with Crippen molar-refractivity contribution in [3.8, 4) is 0 Å². The van der Waals surface area contributed by atoms with E-state index in [9.17, 15) is 9.59 Å². The number of hydrogen-bond acceptors (Lipinski definition) is 3. The number of anilines is 1. The molecule has 0 bridgehead atoms. The van der Waals surface area contributed by atoms with Crippen molar-refractivity contribution in [2.75, 3.05) is 4.90 Å². The third-order valence-corrected chi connectivity index (χ3v) is 4.93. The van der Waals surface area contributed by atoms with Gasteiger partial charge in [0.15, 0.2) is 0 Å². The molecule has 1 heterocycles. The predicted octanol–water partition coefficient (Wildman–Crippen LogP) is 3.15. The molecule has 2 rings (SSSR count). The van der Waals surface area contributed by atoms with Gasteiger partial charge in [0.2, 0.25) is 11.8 Å². The third-order valence-electron chi connectivity index (χ3n) is 4.21. The minimum absolute atomic E-state index is 0.155. The summed E-state index contributed by atoms with van der Waals surface area (Å²) in [7, 11) is 0. The van der Waals surface area contributed by atoms with Crippen molar-refractivity contribution in [1.82, 2.24) is 0 Å². The number of amides is 2. The van der Waals surface area contributed by atoms with Crippen LogP contribution in [-0.2, 0) is 9.59 Å². The summed E-state index contributed by atoms with van der Waals surface area (Å²) >= 11 is 8.39. The Bertz CT molecular complexity index is 626. The fourth-order valence-corrected chi connectivity index (χ4v) is 3.27. The van der Waals surface area contributed by atoms with Crippen molar-refractivity contribution >= 4 is 50.6 Å². The van der Waals surface area contributed by atoms with Gasteiger partial charge in [0.05, 0.1) is 11.1 Å². The first-order valence-corrected chi connectivity index (χ1v) is 8.03. The van der Waals surface area contributed by atoms with Gasteiger partial charge in [-0.15, -0.1) is 0 Å². The van der Waals surface area contributed by atoms with E-state index in [0.29, 0.717) is 24.1 Å². The average Bonchev–Trinajstić information content (AvgIpc) is 2.70. The molecule has 0 aliphatic carbocycles. The van der Waals surface area contributed by atoms with Gasteiger partial charge in [0, 0.05) is 16.5 Å². The lowest BCUT2D eigenvalue weighted by Crippen LogP contribution is -2.36. The zero-order valence-electron chi connectivity index (χ0n) is 12.0. The molecule has 21 heavy (non-hydrogen) atoms. The van der Waals surface area contributed by atoms with Crippen molar-refractivity contribution in [1.29, 1.82) is 0 Å². The summed E-state index contributed by atoms with van der Waals surface area (Å²) in [6.45, 7) is 3.88. The summed E-state index contributed by atoms with van der Waals surface area (Å²) < 4.78 is 0.797. The number of benzene rings is 1. The second kappa shape index (κ2) is 5.85. The van der Waals surface area contributed by atoms with E-state index in [2.05, 4.69) is 15.9 Å². The molecule has 1 aliphatic rings. The van der Waals surface area contributed by atoms with Crippen LogP contribution in [0.1, 0.15) is 38.7 Å². The smallest absolute Gasteiger partial charge is 0.240 e. The quantitative estimate of drug-likeness (QED) is 0.654. The van der Waals surface area contributed by atoms with Gasteiger partial charge >= 0.3 is 0 Å². The van der Waals surface area contributed by atoms with Crippen LogP contribution < -0.4 is 10.6 Å². The number of thiocarbonyl (C=S) groups is 1. The first-order chi connectivity index (χ1) is 9.86. The van der Waals surface area contributed by atoms with E-state index in [1.54, 1.807) is 18.2 Å². The molecule has 2 N–H and O–H groups in total. The van der Waals surface area contributed by atoms with Crippen molar-refractivity contribution in [2.24, 2.45) is 11.1 Å². The maximum absolute atomic E-state index is 12.8. The number of rotatable bonds is 4. The van der Waals surface area contributed by atoms with Crippen LogP contribution in [0.5, 0.6) is 0 Å². The van der Waals surface area contributed by atoms with Gasteiger partial charge in [-0.25, -0.2) is 4.90 Å². The molecule has 1 aromatic rings. The Hall–Kier alpha value is -1.27. The normalized spacial score (nSPS) is 17.4. The van der Waals surface area contributed by atoms with Crippen LogP contribution in [0.25, 0.3) is 0 Å². The molecular weight excluding hydrogens is 352 g/mol. The molecule has 2 amide bonds. The third kappa shape index (κ3) is 2.62. The van der Waals surface area contributed by atoms with E-state index in [0.717, 1.165) is 4.47 Å². The van der Waals surface area contributed by atoms with E-state index in [4.69, 9.17) is 18.0 Å². The van der Waals surface area contributed by atoms with E-state index < -0.39 is 5.41 Å². The predicted molar refractivity (Wildman–Crippen MR) is 90.2 cm³/mol. The Morgan fingerprint density at radius 1 is 1.38 bits per heavy atom. The Labute approximate surface area is 137 Å². The minimum atomic E-state index is -0.600. The number of halogens is 1. The summed E-state index contributed by atoms with van der Waals surface area (Å²) in [6.07, 6.45) is 1.53. The van der Waals surface area contributed by atoms with Gasteiger partial charge in [-0.05, 0) is 31.0 Å². The summed E-state index contributed by atoms with van der Waals surface area (Å²) in [4.78, 5) is 26.6. The van der Waals surface area contributed by atoms with Crippen LogP contribution in [-0.4, -0.2) is 16.8 Å². The average molecular weight is 369 g/mol. The van der Waals surface area contributed by atoms with Crippen LogP contribution in [0.3, 0.4) is 0 Å². The largest absolute Gasteiger partial charge is 0.389 e. The molecular formula is C15H17BrN2O2S. The highest BCUT2D eigenvalue weighted by Crippen LogP contribution is 2.42. The van der Waals surface area contributed by atoms with Gasteiger partial charge < -0.3 is 5.73 Å². The summed E-state index contributed by atoms with van der Waals surface area (Å²) in [5.74, 6) is -0.346. The number of nitrogens with zero attached hydrogens (tertiary/aromatic N) is 1. The second-order valence-electron chi connectivity index (χ2n) is 5.22. The summed E-state index contributed by atoms with van der Waals surface area (Å²) in [6, 6.07) is 5.21. The molecule has 6 heteroatoms. The lowest BCUT2D eigenvalue weighted by atomic mass is 9.81. The molecule has 0 atom stereocenters. The van der Waals surface area contributed by atoms with Crippen molar-refractivity contribution in [3.63, 3.8) is 0 Å². The minimum Gasteiger partial charge on any atom is -0.389 e. The van der Waals surface area contributed by atoms with Crippen molar-refractivity contribution < 1.29 is 9.59 Å². The maximum Gasteiger partial charge on any atom is 0.240 e. The summed E-state index contributed by atoms with van der Waals surface area (Å²) in [5, 5.41) is 0. The van der Waals surface area contributed by atoms with Crippen LogP contribution in [0.15, 0.2) is 22.7 Å². The molecule has 112 valence electrons. The second-order valence-corrected chi connectivity index (χ2v) is 6.58. The summed E-state index contributed by atoms with van der Waals surface area (Å²) in [5.41, 5.74) is 6.14. The highest BCUT2D eigenvalue weighted by Gasteiger charge is 2.50. The lowest BCUT2D eigenvalue weighted by Gasteiger charge is -2.24. The molecule has 1 aromatic carbocycles. The topological polar surface area (TPSA) is 63.4 Å². The van der Waals surface area contributed by atoms with Gasteiger partial charge in [-0.1, -0.05) is 42.0 Å². The number of carbonyl (C=O) groups is 2. The van der Waals surface area contributed by atoms with Crippen LogP contribution in [0.4, 0.5) is 5.69 Å². The van der Waals surface area contributed by atoms with Gasteiger partial charge in [-0.2, -0.15) is 0 Å². The SMILES string of the molecule is CCC1(CC)CC(=O)N(c2ccc(Br)cc2C(N)=S)C1=O. The number of nitrogens with two attached hydrogens (primary N) is 1. The van der Waals surface area contributed by atoms with Crippen molar-refractivity contribution in [3.05, 3.63) is 28.2 Å². The van der Waals surface area contributed by atoms with Crippen LogP contribution in [0, 0.1) is 5.41 Å². The molecule has 0 radical (unpaired) electrons. The molecule has 0 saturated carbocycles. The fourth-order valence-electron chi connectivity index (χ4n) is 2.74. The molecule has 4 nitrogen and oxygen atoms in total. The van der Waals surface area contributed by atoms with Crippen molar-refractivity contribution in [2.45, 2.75) is 33.1 Å². The number of carbonyl (C=O) groups excluding carboxylic acids is 2. The van der Waals surface area contributed by atoms with Crippen LogP contribution >= 0.6 is 28.1 Å². The lowest BCUT2D eigenvalue weighted by molar-refractivity contribution is -0.126. The Kier molecular flexibility index (Phi) is 4.49. The standard InChI is InChI=1S/C15H17BrN2O2S/c1-3-15(4-2)8-12(19)18(14(15)20)11-6-5-9(16)7-10(11)13(17)21/h5-7H,3-4,8H2,1-2H3,(H2,17,21). The van der Waals surface area contributed by atoms with E-state index >= 15 is 0 Å². The zero-order chi connectivity index (χ0) is 15.8. The van der Waals surface area contributed by atoms with Crippen LogP contribution in [0.2, 0.25) is 0 Å². The monoisotopic (exact) mass is 368 g/mol. The highest BCUT2D eigenvalue weighted by molar-refractivity contribution is 9.10. The van der Waals surface area contributed by atoms with Gasteiger partial charge in [-0.3, -0.25) is 9.59 Å². The fraction of sp³-hybridized carbons (Fsp3) is 0.400. The first-order valence-electron chi connectivity index (χ1n) is 6.83. The first kappa shape index (κ1) is 16.1. The molecule has 0 spiro atoms. The zero-order valence-corrected chi connectivity index (χ0v) is 14.4. The molecule has 1 saturated heterocycles. The Balaban J connectivity index is 2.55. The number of hydrogen-bond donors (Lipinski definition) is 1. The molecule has 0 aromatic heterocycles. The van der Waals surface area contributed by atoms with Gasteiger partial charge in [0.25, 0.3) is 0 Å². The highest BCUT2D eigenvalue weighted by atomic mass is 79.9. The van der Waals surface area contributed by atoms with E-state index in [-0.39, 0.29) is 23.2 Å².